The van der Waals surface area contributed by atoms with Gasteiger partial charge in [0.15, 0.2) is 0 Å². The van der Waals surface area contributed by atoms with Crippen molar-refractivity contribution in [3.63, 3.8) is 0 Å². The molecule has 1 atom stereocenters. The highest BCUT2D eigenvalue weighted by Gasteiger charge is 2.31. The van der Waals surface area contributed by atoms with Crippen LogP contribution in [0.3, 0.4) is 0 Å². The van der Waals surface area contributed by atoms with Crippen LogP contribution in [0.1, 0.15) is 32.3 Å². The number of carbonyl (C=O) groups is 2. The highest BCUT2D eigenvalue weighted by Crippen LogP contribution is 2.22. The number of hydrogen-bond donors (Lipinski definition) is 1. The predicted octanol–water partition coefficient (Wildman–Crippen LogP) is 2.40. The van der Waals surface area contributed by atoms with Gasteiger partial charge >= 0.3 is 0 Å². The molecule has 5 heteroatoms. The van der Waals surface area contributed by atoms with Gasteiger partial charge in [-0.1, -0.05) is 19.9 Å². The molecule has 114 valence electrons. The molecule has 1 aromatic carbocycles. The smallest absolute Gasteiger partial charge is 0.249 e. The maximum Gasteiger partial charge on any atom is 0.249 e. The molecule has 1 N–H and O–H groups in total. The number of benzene rings is 1. The van der Waals surface area contributed by atoms with Gasteiger partial charge in [0.05, 0.1) is 0 Å². The average molecular weight is 292 g/mol. The van der Waals surface area contributed by atoms with Crippen LogP contribution in [-0.4, -0.2) is 24.4 Å². The minimum Gasteiger partial charge on any atom is -0.344 e. The number of halogens is 1. The molecule has 0 saturated carbocycles. The zero-order valence-electron chi connectivity index (χ0n) is 12.6. The standard InChI is InChI=1S/C16H21FN2O2/c1-10(2)8-14-16(21)19(7-6-15(20)18-14)12-5-4-11(3)13(17)9-12/h4-5,9-10,14H,6-8H2,1-3H3,(H,18,20). The van der Waals surface area contributed by atoms with Crippen LogP contribution in [0.25, 0.3) is 0 Å². The predicted molar refractivity (Wildman–Crippen MR) is 79.5 cm³/mol. The van der Waals surface area contributed by atoms with E-state index in [9.17, 15) is 14.0 Å². The first-order valence-electron chi connectivity index (χ1n) is 7.25. The van der Waals surface area contributed by atoms with Gasteiger partial charge in [0.2, 0.25) is 11.8 Å². The first-order valence-corrected chi connectivity index (χ1v) is 7.25. The molecule has 0 aliphatic carbocycles. The van der Waals surface area contributed by atoms with Gasteiger partial charge in [0.1, 0.15) is 11.9 Å². The molecule has 0 radical (unpaired) electrons. The molecule has 1 aliphatic rings. The molecule has 21 heavy (non-hydrogen) atoms. The fourth-order valence-corrected chi connectivity index (χ4v) is 2.48. The molecular formula is C16H21FN2O2. The number of carbonyl (C=O) groups excluding carboxylic acids is 2. The lowest BCUT2D eigenvalue weighted by molar-refractivity contribution is -0.125. The number of nitrogens with one attached hydrogen (secondary N) is 1. The molecule has 0 spiro atoms. The molecule has 1 aliphatic heterocycles. The van der Waals surface area contributed by atoms with Gasteiger partial charge in [-0.3, -0.25) is 9.59 Å². The van der Waals surface area contributed by atoms with Gasteiger partial charge < -0.3 is 10.2 Å². The Labute approximate surface area is 124 Å². The SMILES string of the molecule is Cc1ccc(N2CCC(=O)NC(CC(C)C)C2=O)cc1F. The molecular weight excluding hydrogens is 271 g/mol. The monoisotopic (exact) mass is 292 g/mol. The molecule has 4 nitrogen and oxygen atoms in total. The fraction of sp³-hybridized carbons (Fsp3) is 0.500. The molecule has 1 heterocycles. The van der Waals surface area contributed by atoms with E-state index < -0.39 is 6.04 Å². The Bertz CT molecular complexity index is 557. The van der Waals surface area contributed by atoms with Crippen molar-refractivity contribution in [2.75, 3.05) is 11.4 Å². The van der Waals surface area contributed by atoms with E-state index in [1.54, 1.807) is 19.1 Å². The van der Waals surface area contributed by atoms with Crippen molar-refractivity contribution in [1.29, 1.82) is 0 Å². The van der Waals surface area contributed by atoms with E-state index in [1.807, 2.05) is 13.8 Å². The Morgan fingerprint density at radius 3 is 2.71 bits per heavy atom. The van der Waals surface area contributed by atoms with E-state index in [0.29, 0.717) is 17.7 Å². The number of rotatable bonds is 3. The van der Waals surface area contributed by atoms with E-state index in [-0.39, 0.29) is 36.5 Å². The van der Waals surface area contributed by atoms with Crippen molar-refractivity contribution in [1.82, 2.24) is 5.32 Å². The van der Waals surface area contributed by atoms with Gasteiger partial charge in [-0.2, -0.15) is 0 Å². The highest BCUT2D eigenvalue weighted by atomic mass is 19.1. The van der Waals surface area contributed by atoms with E-state index in [2.05, 4.69) is 5.32 Å². The van der Waals surface area contributed by atoms with Crippen LogP contribution in [-0.2, 0) is 9.59 Å². The van der Waals surface area contributed by atoms with Gasteiger partial charge in [-0.25, -0.2) is 4.39 Å². The van der Waals surface area contributed by atoms with Gasteiger partial charge in [0.25, 0.3) is 0 Å². The maximum absolute atomic E-state index is 13.7. The highest BCUT2D eigenvalue weighted by molar-refractivity contribution is 6.01. The molecule has 2 amide bonds. The summed E-state index contributed by atoms with van der Waals surface area (Å²) >= 11 is 0. The molecule has 1 aromatic rings. The summed E-state index contributed by atoms with van der Waals surface area (Å²) in [6.07, 6.45) is 0.811. The number of amides is 2. The largest absolute Gasteiger partial charge is 0.344 e. The van der Waals surface area contributed by atoms with Crippen LogP contribution >= 0.6 is 0 Å². The van der Waals surface area contributed by atoms with Gasteiger partial charge in [-0.15, -0.1) is 0 Å². The van der Waals surface area contributed by atoms with Crippen LogP contribution in [0.15, 0.2) is 18.2 Å². The van der Waals surface area contributed by atoms with E-state index in [0.717, 1.165) is 0 Å². The third-order valence-corrected chi connectivity index (χ3v) is 3.64. The van der Waals surface area contributed by atoms with Crippen LogP contribution in [0, 0.1) is 18.7 Å². The summed E-state index contributed by atoms with van der Waals surface area (Å²) in [4.78, 5) is 25.9. The van der Waals surface area contributed by atoms with Crippen molar-refractivity contribution in [2.24, 2.45) is 5.92 Å². The second-order valence-corrected chi connectivity index (χ2v) is 5.92. The molecule has 1 fully saturated rings. The average Bonchev–Trinajstić information content (AvgIpc) is 2.53. The molecule has 2 rings (SSSR count). The zero-order chi connectivity index (χ0) is 15.6. The van der Waals surface area contributed by atoms with E-state index in [4.69, 9.17) is 0 Å². The van der Waals surface area contributed by atoms with Crippen LogP contribution in [0.5, 0.6) is 0 Å². The second-order valence-electron chi connectivity index (χ2n) is 5.92. The Kier molecular flexibility index (Phi) is 4.60. The lowest BCUT2D eigenvalue weighted by atomic mass is 10.0. The summed E-state index contributed by atoms with van der Waals surface area (Å²) in [7, 11) is 0. The number of hydrogen-bond acceptors (Lipinski definition) is 2. The van der Waals surface area contributed by atoms with Crippen molar-refractivity contribution >= 4 is 17.5 Å². The van der Waals surface area contributed by atoms with E-state index >= 15 is 0 Å². The zero-order valence-corrected chi connectivity index (χ0v) is 12.6. The van der Waals surface area contributed by atoms with Crippen LogP contribution in [0.2, 0.25) is 0 Å². The van der Waals surface area contributed by atoms with Crippen molar-refractivity contribution < 1.29 is 14.0 Å². The lowest BCUT2D eigenvalue weighted by Crippen LogP contribution is -2.45. The summed E-state index contributed by atoms with van der Waals surface area (Å²) in [6.45, 7) is 5.96. The Morgan fingerprint density at radius 1 is 1.38 bits per heavy atom. The van der Waals surface area contributed by atoms with Gasteiger partial charge in [-0.05, 0) is 37.0 Å². The number of anilines is 1. The van der Waals surface area contributed by atoms with Crippen LogP contribution < -0.4 is 10.2 Å². The molecule has 0 bridgehead atoms. The Hall–Kier alpha value is -1.91. The van der Waals surface area contributed by atoms with Crippen LogP contribution in [0.4, 0.5) is 10.1 Å². The normalized spacial score (nSPS) is 19.7. The molecule has 1 saturated heterocycles. The topological polar surface area (TPSA) is 49.4 Å². The second kappa shape index (κ2) is 6.24. The summed E-state index contributed by atoms with van der Waals surface area (Å²) in [5.74, 6) is -0.361. The van der Waals surface area contributed by atoms with Crippen molar-refractivity contribution in [2.45, 2.75) is 39.7 Å². The van der Waals surface area contributed by atoms with Crippen molar-refractivity contribution in [3.05, 3.63) is 29.6 Å². The minimum absolute atomic E-state index is 0.135. The number of aryl methyl sites for hydroxylation is 1. The summed E-state index contributed by atoms with van der Waals surface area (Å²) in [6, 6.07) is 4.19. The van der Waals surface area contributed by atoms with E-state index in [1.165, 1.54) is 11.0 Å². The fourth-order valence-electron chi connectivity index (χ4n) is 2.48. The minimum atomic E-state index is -0.538. The molecule has 1 unspecified atom stereocenters. The Morgan fingerprint density at radius 2 is 2.10 bits per heavy atom. The summed E-state index contributed by atoms with van der Waals surface area (Å²) < 4.78 is 13.7. The lowest BCUT2D eigenvalue weighted by Gasteiger charge is -2.25. The third kappa shape index (κ3) is 3.60. The summed E-state index contributed by atoms with van der Waals surface area (Å²) in [5, 5.41) is 2.76. The van der Waals surface area contributed by atoms with Crippen molar-refractivity contribution in [3.8, 4) is 0 Å². The maximum atomic E-state index is 13.7. The molecule has 0 aromatic heterocycles. The quantitative estimate of drug-likeness (QED) is 0.930. The van der Waals surface area contributed by atoms with Gasteiger partial charge in [0, 0.05) is 18.7 Å². The first-order chi connectivity index (χ1) is 9.88. The summed E-state index contributed by atoms with van der Waals surface area (Å²) in [5.41, 5.74) is 1.04. The first kappa shape index (κ1) is 15.5. The Balaban J connectivity index is 2.30. The third-order valence-electron chi connectivity index (χ3n) is 3.64. The number of nitrogens with zero attached hydrogens (tertiary/aromatic N) is 1.